The Morgan fingerprint density at radius 1 is 0.865 bits per heavy atom. The molecule has 0 unspecified atom stereocenters. The van der Waals surface area contributed by atoms with Gasteiger partial charge in [0.15, 0.2) is 0 Å². The van der Waals surface area contributed by atoms with Gasteiger partial charge in [0, 0.05) is 18.9 Å². The van der Waals surface area contributed by atoms with Crippen LogP contribution in [0.3, 0.4) is 0 Å². The molecule has 2 heterocycles. The van der Waals surface area contributed by atoms with E-state index in [0.717, 1.165) is 37.5 Å². The third-order valence-corrected chi connectivity index (χ3v) is 7.07. The topological polar surface area (TPSA) is 50.4 Å². The Morgan fingerprint density at radius 2 is 1.65 bits per heavy atom. The molecule has 0 atom stereocenters. The first-order chi connectivity index (χ1) is 18.3. The maximum Gasteiger partial charge on any atom is 0.119 e. The molecule has 1 aliphatic carbocycles. The van der Waals surface area contributed by atoms with Crippen molar-refractivity contribution in [1.82, 2.24) is 14.9 Å². The van der Waals surface area contributed by atoms with Crippen molar-refractivity contribution in [1.29, 1.82) is 0 Å². The molecule has 0 amide bonds. The molecule has 1 fully saturated rings. The van der Waals surface area contributed by atoms with E-state index in [1.807, 2.05) is 0 Å². The second kappa shape index (κ2) is 12.4. The van der Waals surface area contributed by atoms with Crippen LogP contribution in [0.4, 0.5) is 0 Å². The predicted molar refractivity (Wildman–Crippen MR) is 150 cm³/mol. The lowest BCUT2D eigenvalue weighted by molar-refractivity contribution is 0.238. The number of imidazole rings is 1. The van der Waals surface area contributed by atoms with Gasteiger partial charge in [0.2, 0.25) is 0 Å². The van der Waals surface area contributed by atoms with E-state index in [9.17, 15) is 0 Å². The van der Waals surface area contributed by atoms with Crippen molar-refractivity contribution >= 4 is 11.1 Å². The molecule has 190 valence electrons. The smallest absolute Gasteiger partial charge is 0.119 e. The summed E-state index contributed by atoms with van der Waals surface area (Å²) < 4.78 is 11.5. The largest absolute Gasteiger partial charge is 0.497 e. The molecule has 37 heavy (non-hydrogen) atoms. The van der Waals surface area contributed by atoms with Crippen molar-refractivity contribution in [2.45, 2.75) is 25.7 Å². The normalized spacial score (nSPS) is 15.1. The summed E-state index contributed by atoms with van der Waals surface area (Å²) >= 11 is 0. The number of allylic oxidation sites excluding steroid dienone is 1. The number of methoxy groups -OCH3 is 1. The SMILES string of the molecule is COc1ccc2c(c1)CCC(c1ccccc1)=C2c1ccc(OCCN2CCCC2)cc1.c1c[nH]cn1. The Kier molecular flexibility index (Phi) is 8.34. The molecule has 0 spiro atoms. The maximum atomic E-state index is 6.05. The summed E-state index contributed by atoms with van der Waals surface area (Å²) in [5, 5.41) is 0. The predicted octanol–water partition coefficient (Wildman–Crippen LogP) is 6.48. The van der Waals surface area contributed by atoms with Crippen molar-refractivity contribution in [2.75, 3.05) is 33.4 Å². The summed E-state index contributed by atoms with van der Waals surface area (Å²) in [6.45, 7) is 4.19. The number of ether oxygens (including phenoxy) is 2. The van der Waals surface area contributed by atoms with Gasteiger partial charge in [-0.15, -0.1) is 0 Å². The minimum atomic E-state index is 0.750. The summed E-state index contributed by atoms with van der Waals surface area (Å²) in [6, 6.07) is 25.9. The van der Waals surface area contributed by atoms with Crippen LogP contribution < -0.4 is 9.47 Å². The second-order valence-corrected chi connectivity index (χ2v) is 9.42. The monoisotopic (exact) mass is 493 g/mol. The number of rotatable bonds is 7. The van der Waals surface area contributed by atoms with E-state index >= 15 is 0 Å². The standard InChI is InChI=1S/C29H31NO2.C3H4N2/c1-31-26-14-16-28-24(21-26)11-15-27(22-7-3-2-4-8-22)29(28)23-9-12-25(13-10-23)32-20-19-30-17-5-6-18-30;1-2-5-3-4-1/h2-4,7-10,12-14,16,21H,5-6,11,15,17-20H2,1H3;1-3H,(H,4,5). The summed E-state index contributed by atoms with van der Waals surface area (Å²) in [5.74, 6) is 1.87. The Morgan fingerprint density at radius 3 is 2.32 bits per heavy atom. The minimum Gasteiger partial charge on any atom is -0.497 e. The number of hydrogen-bond donors (Lipinski definition) is 1. The molecule has 1 saturated heterocycles. The Balaban J connectivity index is 0.000000503. The molecule has 6 rings (SSSR count). The van der Waals surface area contributed by atoms with Crippen LogP contribution in [0.2, 0.25) is 0 Å². The first-order valence-corrected chi connectivity index (χ1v) is 13.2. The third kappa shape index (κ3) is 6.30. The zero-order valence-corrected chi connectivity index (χ0v) is 21.5. The van der Waals surface area contributed by atoms with Crippen LogP contribution in [0.1, 0.15) is 41.5 Å². The number of aromatic amines is 1. The van der Waals surface area contributed by atoms with Gasteiger partial charge in [-0.3, -0.25) is 4.90 Å². The molecular weight excluding hydrogens is 458 g/mol. The molecule has 0 saturated carbocycles. The summed E-state index contributed by atoms with van der Waals surface area (Å²) in [6.07, 6.45) is 9.77. The van der Waals surface area contributed by atoms with E-state index in [1.54, 1.807) is 25.8 Å². The lowest BCUT2D eigenvalue weighted by atomic mass is 9.79. The highest BCUT2D eigenvalue weighted by Crippen LogP contribution is 2.42. The zero-order valence-electron chi connectivity index (χ0n) is 21.5. The number of aromatic nitrogens is 2. The highest BCUT2D eigenvalue weighted by Gasteiger charge is 2.22. The van der Waals surface area contributed by atoms with Gasteiger partial charge in [-0.25, -0.2) is 4.98 Å². The minimum absolute atomic E-state index is 0.750. The third-order valence-electron chi connectivity index (χ3n) is 7.07. The molecule has 5 nitrogen and oxygen atoms in total. The average Bonchev–Trinajstić information content (AvgIpc) is 3.71. The molecule has 4 aromatic rings. The number of benzene rings is 3. The van der Waals surface area contributed by atoms with Crippen molar-refractivity contribution in [3.05, 3.63) is 114 Å². The molecular formula is C32H35N3O2. The van der Waals surface area contributed by atoms with Gasteiger partial charge >= 0.3 is 0 Å². The molecule has 0 radical (unpaired) electrons. The summed E-state index contributed by atoms with van der Waals surface area (Å²) in [7, 11) is 1.74. The number of aryl methyl sites for hydroxylation is 1. The molecule has 1 aromatic heterocycles. The van der Waals surface area contributed by atoms with Crippen LogP contribution in [-0.2, 0) is 6.42 Å². The van der Waals surface area contributed by atoms with Crippen LogP contribution in [-0.4, -0.2) is 48.2 Å². The molecule has 0 bridgehead atoms. The van der Waals surface area contributed by atoms with E-state index < -0.39 is 0 Å². The average molecular weight is 494 g/mol. The van der Waals surface area contributed by atoms with Gasteiger partial charge in [-0.2, -0.15) is 0 Å². The number of nitrogens with one attached hydrogen (secondary N) is 1. The number of hydrogen-bond acceptors (Lipinski definition) is 4. The van der Waals surface area contributed by atoms with Crippen molar-refractivity contribution < 1.29 is 9.47 Å². The van der Waals surface area contributed by atoms with E-state index in [1.165, 1.54) is 59.3 Å². The second-order valence-electron chi connectivity index (χ2n) is 9.42. The summed E-state index contributed by atoms with van der Waals surface area (Å²) in [5.41, 5.74) is 7.93. The quantitative estimate of drug-likeness (QED) is 0.320. The van der Waals surface area contributed by atoms with E-state index in [-0.39, 0.29) is 0 Å². The van der Waals surface area contributed by atoms with Crippen molar-refractivity contribution in [3.63, 3.8) is 0 Å². The lowest BCUT2D eigenvalue weighted by Gasteiger charge is -2.25. The van der Waals surface area contributed by atoms with E-state index in [2.05, 4.69) is 87.7 Å². The Hall–Kier alpha value is -3.83. The maximum absolute atomic E-state index is 6.05. The van der Waals surface area contributed by atoms with Crippen LogP contribution >= 0.6 is 0 Å². The van der Waals surface area contributed by atoms with Crippen LogP contribution in [0.5, 0.6) is 11.5 Å². The number of fused-ring (bicyclic) bond motifs is 1. The summed E-state index contributed by atoms with van der Waals surface area (Å²) in [4.78, 5) is 8.90. The molecule has 5 heteroatoms. The Labute approximate surface area is 219 Å². The van der Waals surface area contributed by atoms with Crippen LogP contribution in [0.15, 0.2) is 91.5 Å². The molecule has 3 aromatic carbocycles. The van der Waals surface area contributed by atoms with Crippen LogP contribution in [0, 0.1) is 0 Å². The highest BCUT2D eigenvalue weighted by molar-refractivity contribution is 6.00. The van der Waals surface area contributed by atoms with E-state index in [0.29, 0.717) is 0 Å². The zero-order chi connectivity index (χ0) is 25.3. The van der Waals surface area contributed by atoms with Gasteiger partial charge in [0.25, 0.3) is 0 Å². The first-order valence-electron chi connectivity index (χ1n) is 13.2. The first kappa shape index (κ1) is 24.8. The number of H-pyrrole nitrogens is 1. The fraction of sp³-hybridized carbons (Fsp3) is 0.281. The van der Waals surface area contributed by atoms with Crippen molar-refractivity contribution in [3.8, 4) is 11.5 Å². The molecule has 1 N–H and O–H groups in total. The van der Waals surface area contributed by atoms with Gasteiger partial charge in [0.05, 0.1) is 13.4 Å². The van der Waals surface area contributed by atoms with E-state index in [4.69, 9.17) is 9.47 Å². The molecule has 1 aliphatic heterocycles. The van der Waals surface area contributed by atoms with Crippen molar-refractivity contribution in [2.24, 2.45) is 0 Å². The van der Waals surface area contributed by atoms with Gasteiger partial charge in [-0.1, -0.05) is 48.5 Å². The van der Waals surface area contributed by atoms with Crippen LogP contribution in [0.25, 0.3) is 11.1 Å². The van der Waals surface area contributed by atoms with Gasteiger partial charge in [-0.05, 0) is 96.4 Å². The Bertz CT molecular complexity index is 1260. The van der Waals surface area contributed by atoms with Gasteiger partial charge < -0.3 is 14.5 Å². The molecule has 2 aliphatic rings. The lowest BCUT2D eigenvalue weighted by Crippen LogP contribution is -2.25. The number of likely N-dealkylation sites (tertiary alicyclic amines) is 1. The van der Waals surface area contributed by atoms with Gasteiger partial charge in [0.1, 0.15) is 18.1 Å². The fourth-order valence-corrected chi connectivity index (χ4v) is 5.18. The number of nitrogens with zero attached hydrogens (tertiary/aromatic N) is 2. The highest BCUT2D eigenvalue weighted by atomic mass is 16.5. The fourth-order valence-electron chi connectivity index (χ4n) is 5.18.